The molecule has 1 N–H and O–H groups in total. The number of ether oxygens (including phenoxy) is 1. The maximum Gasteiger partial charge on any atom is 0.270 e. The van der Waals surface area contributed by atoms with Crippen LogP contribution < -0.4 is 5.32 Å². The SMILES string of the molecule is Cc1ccc(C(CNC(=O)/C=C/c2cccc([N+](=O)[O-])c2)N2CCOCC2)o1. The fraction of sp³-hybridized carbons (Fsp3) is 0.350. The molecule has 8 heteroatoms. The van der Waals surface area contributed by atoms with Crippen LogP contribution in [0.4, 0.5) is 5.69 Å². The summed E-state index contributed by atoms with van der Waals surface area (Å²) in [5.41, 5.74) is 0.582. The minimum Gasteiger partial charge on any atom is -0.465 e. The average Bonchev–Trinajstić information content (AvgIpc) is 3.13. The molecule has 8 nitrogen and oxygen atoms in total. The van der Waals surface area contributed by atoms with Gasteiger partial charge in [-0.05, 0) is 30.7 Å². The highest BCUT2D eigenvalue weighted by atomic mass is 16.6. The maximum atomic E-state index is 12.3. The van der Waals surface area contributed by atoms with Gasteiger partial charge in [0.2, 0.25) is 5.91 Å². The molecule has 1 saturated heterocycles. The van der Waals surface area contributed by atoms with Crippen molar-refractivity contribution in [2.75, 3.05) is 32.8 Å². The molecule has 1 atom stereocenters. The highest BCUT2D eigenvalue weighted by molar-refractivity contribution is 5.91. The number of hydrogen-bond donors (Lipinski definition) is 1. The van der Waals surface area contributed by atoms with E-state index >= 15 is 0 Å². The first kappa shape index (κ1) is 19.8. The molecule has 2 aromatic rings. The van der Waals surface area contributed by atoms with E-state index in [2.05, 4.69) is 10.2 Å². The van der Waals surface area contributed by atoms with Crippen LogP contribution in [0.1, 0.15) is 23.1 Å². The second kappa shape index (κ2) is 9.29. The van der Waals surface area contributed by atoms with Gasteiger partial charge in [0.1, 0.15) is 11.5 Å². The van der Waals surface area contributed by atoms with Crippen LogP contribution in [0, 0.1) is 17.0 Å². The first-order valence-corrected chi connectivity index (χ1v) is 9.11. The molecule has 3 rings (SSSR count). The van der Waals surface area contributed by atoms with Crippen LogP contribution in [-0.2, 0) is 9.53 Å². The van der Waals surface area contributed by atoms with Gasteiger partial charge in [-0.1, -0.05) is 12.1 Å². The number of nitro groups is 1. The fourth-order valence-electron chi connectivity index (χ4n) is 3.10. The number of nitrogens with one attached hydrogen (secondary N) is 1. The number of aryl methyl sites for hydroxylation is 1. The van der Waals surface area contributed by atoms with Gasteiger partial charge < -0.3 is 14.5 Å². The summed E-state index contributed by atoms with van der Waals surface area (Å²) in [5, 5.41) is 13.7. The van der Waals surface area contributed by atoms with E-state index in [0.717, 1.165) is 24.6 Å². The summed E-state index contributed by atoms with van der Waals surface area (Å²) >= 11 is 0. The molecule has 148 valence electrons. The number of nitrogens with zero attached hydrogens (tertiary/aromatic N) is 2. The summed E-state index contributed by atoms with van der Waals surface area (Å²) in [6.07, 6.45) is 2.94. The summed E-state index contributed by atoms with van der Waals surface area (Å²) in [7, 11) is 0. The second-order valence-corrected chi connectivity index (χ2v) is 6.54. The molecule has 0 radical (unpaired) electrons. The maximum absolute atomic E-state index is 12.3. The average molecular weight is 385 g/mol. The first-order chi connectivity index (χ1) is 13.5. The van der Waals surface area contributed by atoms with Crippen molar-refractivity contribution in [3.8, 4) is 0 Å². The standard InChI is InChI=1S/C20H23N3O5/c1-15-5-7-19(28-15)18(22-9-11-27-12-10-22)14-21-20(24)8-6-16-3-2-4-17(13-16)23(25)26/h2-8,13,18H,9-12,14H2,1H3,(H,21,24)/b8-6+. The van der Waals surface area contributed by atoms with E-state index in [4.69, 9.17) is 9.15 Å². The fourth-order valence-corrected chi connectivity index (χ4v) is 3.10. The van der Waals surface area contributed by atoms with E-state index in [1.165, 1.54) is 18.2 Å². The lowest BCUT2D eigenvalue weighted by molar-refractivity contribution is -0.384. The van der Waals surface area contributed by atoms with Crippen LogP contribution in [0.5, 0.6) is 0 Å². The smallest absolute Gasteiger partial charge is 0.270 e. The number of non-ortho nitro benzene ring substituents is 1. The molecule has 2 heterocycles. The van der Waals surface area contributed by atoms with Crippen molar-refractivity contribution in [3.63, 3.8) is 0 Å². The normalized spacial score (nSPS) is 16.2. The summed E-state index contributed by atoms with van der Waals surface area (Å²) in [6, 6.07) is 9.89. The molecule has 28 heavy (non-hydrogen) atoms. The molecule has 0 saturated carbocycles. The molecule has 1 fully saturated rings. The molecule has 1 aliphatic rings. The highest BCUT2D eigenvalue weighted by Gasteiger charge is 2.25. The van der Waals surface area contributed by atoms with Crippen molar-refractivity contribution in [2.24, 2.45) is 0 Å². The van der Waals surface area contributed by atoms with Gasteiger partial charge in [0.25, 0.3) is 5.69 Å². The zero-order valence-electron chi connectivity index (χ0n) is 15.7. The number of amides is 1. The topological polar surface area (TPSA) is 97.8 Å². The van der Waals surface area contributed by atoms with E-state index in [1.54, 1.807) is 18.2 Å². The lowest BCUT2D eigenvalue weighted by Gasteiger charge is -2.33. The molecule has 1 aliphatic heterocycles. The third kappa shape index (κ3) is 5.28. The Kier molecular flexibility index (Phi) is 6.57. The third-order valence-electron chi connectivity index (χ3n) is 4.55. The molecule has 1 aromatic heterocycles. The Hall–Kier alpha value is -2.97. The molecule has 1 amide bonds. The minimum atomic E-state index is -0.463. The second-order valence-electron chi connectivity index (χ2n) is 6.54. The number of carbonyl (C=O) groups is 1. The molecular formula is C20H23N3O5. The van der Waals surface area contributed by atoms with E-state index < -0.39 is 4.92 Å². The zero-order chi connectivity index (χ0) is 19.9. The van der Waals surface area contributed by atoms with E-state index in [9.17, 15) is 14.9 Å². The number of furan rings is 1. The molecule has 1 aromatic carbocycles. The Labute approximate surface area is 162 Å². The number of nitro benzene ring substituents is 1. The van der Waals surface area contributed by atoms with Gasteiger partial charge in [-0.15, -0.1) is 0 Å². The third-order valence-corrected chi connectivity index (χ3v) is 4.55. The number of rotatable bonds is 7. The van der Waals surface area contributed by atoms with E-state index in [-0.39, 0.29) is 17.6 Å². The number of morpholine rings is 1. The number of hydrogen-bond acceptors (Lipinski definition) is 6. The van der Waals surface area contributed by atoms with Crippen LogP contribution in [0.25, 0.3) is 6.08 Å². The van der Waals surface area contributed by atoms with Gasteiger partial charge in [-0.3, -0.25) is 19.8 Å². The zero-order valence-corrected chi connectivity index (χ0v) is 15.7. The van der Waals surface area contributed by atoms with Crippen LogP contribution in [-0.4, -0.2) is 48.6 Å². The van der Waals surface area contributed by atoms with E-state index in [1.807, 2.05) is 19.1 Å². The van der Waals surface area contributed by atoms with Crippen molar-refractivity contribution in [3.05, 3.63) is 69.7 Å². The van der Waals surface area contributed by atoms with Gasteiger partial charge in [0, 0.05) is 37.8 Å². The monoisotopic (exact) mass is 385 g/mol. The Balaban J connectivity index is 1.63. The summed E-state index contributed by atoms with van der Waals surface area (Å²) in [6.45, 7) is 5.12. The van der Waals surface area contributed by atoms with Crippen molar-refractivity contribution in [1.82, 2.24) is 10.2 Å². The van der Waals surface area contributed by atoms with Crippen LogP contribution in [0.15, 0.2) is 46.9 Å². The van der Waals surface area contributed by atoms with Gasteiger partial charge in [0.15, 0.2) is 0 Å². The largest absolute Gasteiger partial charge is 0.465 e. The van der Waals surface area contributed by atoms with Crippen molar-refractivity contribution < 1.29 is 18.9 Å². The van der Waals surface area contributed by atoms with Gasteiger partial charge in [-0.2, -0.15) is 0 Å². The van der Waals surface area contributed by atoms with Crippen molar-refractivity contribution in [1.29, 1.82) is 0 Å². The van der Waals surface area contributed by atoms with Crippen LogP contribution in [0.2, 0.25) is 0 Å². The molecular weight excluding hydrogens is 362 g/mol. The van der Waals surface area contributed by atoms with Crippen molar-refractivity contribution in [2.45, 2.75) is 13.0 Å². The van der Waals surface area contributed by atoms with E-state index in [0.29, 0.717) is 25.3 Å². The summed E-state index contributed by atoms with van der Waals surface area (Å²) < 4.78 is 11.2. The molecule has 0 bridgehead atoms. The summed E-state index contributed by atoms with van der Waals surface area (Å²) in [5.74, 6) is 1.36. The highest BCUT2D eigenvalue weighted by Crippen LogP contribution is 2.23. The predicted molar refractivity (Wildman–Crippen MR) is 104 cm³/mol. The minimum absolute atomic E-state index is 0.0110. The molecule has 1 unspecified atom stereocenters. The van der Waals surface area contributed by atoms with Gasteiger partial charge >= 0.3 is 0 Å². The Morgan fingerprint density at radius 1 is 1.32 bits per heavy atom. The molecule has 0 spiro atoms. The number of benzene rings is 1. The number of carbonyl (C=O) groups excluding carboxylic acids is 1. The predicted octanol–water partition coefficient (Wildman–Crippen LogP) is 2.70. The lowest BCUT2D eigenvalue weighted by atomic mass is 10.1. The van der Waals surface area contributed by atoms with Gasteiger partial charge in [0.05, 0.1) is 24.2 Å². The summed E-state index contributed by atoms with van der Waals surface area (Å²) in [4.78, 5) is 24.9. The molecule has 0 aliphatic carbocycles. The first-order valence-electron chi connectivity index (χ1n) is 9.11. The Morgan fingerprint density at radius 2 is 2.11 bits per heavy atom. The Morgan fingerprint density at radius 3 is 2.79 bits per heavy atom. The van der Waals surface area contributed by atoms with Crippen molar-refractivity contribution >= 4 is 17.7 Å². The van der Waals surface area contributed by atoms with Gasteiger partial charge in [-0.25, -0.2) is 0 Å². The van der Waals surface area contributed by atoms with Crippen LogP contribution in [0.3, 0.4) is 0 Å². The van der Waals surface area contributed by atoms with Crippen LogP contribution >= 0.6 is 0 Å². The Bertz CT molecular complexity index is 855. The lowest BCUT2D eigenvalue weighted by Crippen LogP contribution is -2.43. The quantitative estimate of drug-likeness (QED) is 0.447.